The maximum Gasteiger partial charge on any atom is 0.409 e. The van der Waals surface area contributed by atoms with Crippen LogP contribution >= 0.6 is 11.6 Å². The van der Waals surface area contributed by atoms with Crippen molar-refractivity contribution in [3.05, 3.63) is 32.8 Å². The van der Waals surface area contributed by atoms with Crippen LogP contribution in [0.15, 0.2) is 12.1 Å². The third-order valence-electron chi connectivity index (χ3n) is 1.72. The van der Waals surface area contributed by atoms with E-state index in [4.69, 9.17) is 16.7 Å². The molecule has 0 atom stereocenters. The molecule has 2 N–H and O–H groups in total. The van der Waals surface area contributed by atoms with E-state index in [1.165, 1.54) is 6.07 Å². The van der Waals surface area contributed by atoms with Crippen LogP contribution in [0.25, 0.3) is 0 Å². The molecule has 15 heavy (non-hydrogen) atoms. The van der Waals surface area contributed by atoms with Crippen molar-refractivity contribution in [2.24, 2.45) is 0 Å². The highest BCUT2D eigenvalue weighted by atomic mass is 35.5. The minimum Gasteiger partial charge on any atom is -0.465 e. The van der Waals surface area contributed by atoms with Gasteiger partial charge in [-0.05, 0) is 18.6 Å². The number of nitro benzene ring substituents is 1. The van der Waals surface area contributed by atoms with Crippen molar-refractivity contribution in [1.29, 1.82) is 0 Å². The van der Waals surface area contributed by atoms with E-state index in [-0.39, 0.29) is 16.4 Å². The molecule has 6 nitrogen and oxygen atoms in total. The molecule has 0 aliphatic heterocycles. The minimum atomic E-state index is -1.36. The summed E-state index contributed by atoms with van der Waals surface area (Å²) in [5.41, 5.74) is 0.105. The van der Waals surface area contributed by atoms with Gasteiger partial charge in [-0.15, -0.1) is 0 Å². The smallest absolute Gasteiger partial charge is 0.409 e. The van der Waals surface area contributed by atoms with Crippen molar-refractivity contribution in [3.8, 4) is 0 Å². The van der Waals surface area contributed by atoms with Crippen LogP contribution in [0.3, 0.4) is 0 Å². The van der Waals surface area contributed by atoms with E-state index in [0.717, 1.165) is 6.07 Å². The van der Waals surface area contributed by atoms with E-state index in [0.29, 0.717) is 5.56 Å². The first-order valence-electron chi connectivity index (χ1n) is 3.86. The maximum absolute atomic E-state index is 10.6. The fourth-order valence-electron chi connectivity index (χ4n) is 1.04. The number of carboxylic acid groups (broad SMARTS) is 1. The molecule has 1 aromatic carbocycles. The highest BCUT2D eigenvalue weighted by Gasteiger charge is 2.17. The Kier molecular flexibility index (Phi) is 3.11. The molecule has 0 unspecified atom stereocenters. The van der Waals surface area contributed by atoms with Crippen LogP contribution in [-0.4, -0.2) is 16.1 Å². The van der Waals surface area contributed by atoms with Gasteiger partial charge in [0.25, 0.3) is 5.69 Å². The predicted molar refractivity (Wildman–Crippen MR) is 54.5 cm³/mol. The number of hydrogen-bond donors (Lipinski definition) is 2. The lowest BCUT2D eigenvalue weighted by Gasteiger charge is -2.04. The summed E-state index contributed by atoms with van der Waals surface area (Å²) >= 11 is 5.69. The second kappa shape index (κ2) is 4.14. The van der Waals surface area contributed by atoms with Gasteiger partial charge < -0.3 is 5.11 Å². The molecule has 0 bridgehead atoms. The molecule has 1 aromatic rings. The van der Waals surface area contributed by atoms with Crippen molar-refractivity contribution in [2.75, 3.05) is 5.32 Å². The third kappa shape index (κ3) is 2.57. The molecule has 0 saturated carbocycles. The number of carbonyl (C=O) groups is 1. The zero-order valence-corrected chi connectivity index (χ0v) is 8.41. The molecule has 1 amide bonds. The van der Waals surface area contributed by atoms with Crippen LogP contribution < -0.4 is 5.32 Å². The van der Waals surface area contributed by atoms with Gasteiger partial charge in [0, 0.05) is 6.07 Å². The van der Waals surface area contributed by atoms with E-state index in [1.807, 2.05) is 5.32 Å². The van der Waals surface area contributed by atoms with Crippen LogP contribution in [0.1, 0.15) is 5.56 Å². The van der Waals surface area contributed by atoms with Gasteiger partial charge in [-0.1, -0.05) is 11.6 Å². The largest absolute Gasteiger partial charge is 0.465 e. The molecule has 0 spiro atoms. The van der Waals surface area contributed by atoms with E-state index < -0.39 is 11.0 Å². The number of nitrogens with zero attached hydrogens (tertiary/aromatic N) is 1. The zero-order chi connectivity index (χ0) is 11.6. The van der Waals surface area contributed by atoms with Crippen molar-refractivity contribution >= 4 is 29.1 Å². The van der Waals surface area contributed by atoms with Gasteiger partial charge in [0.15, 0.2) is 0 Å². The summed E-state index contributed by atoms with van der Waals surface area (Å²) in [6.07, 6.45) is -1.36. The summed E-state index contributed by atoms with van der Waals surface area (Å²) in [6, 6.07) is 2.43. The number of nitrogens with one attached hydrogen (secondary N) is 1. The molecule has 0 aliphatic rings. The normalized spacial score (nSPS) is 9.73. The lowest BCUT2D eigenvalue weighted by molar-refractivity contribution is -0.383. The van der Waals surface area contributed by atoms with E-state index in [9.17, 15) is 14.9 Å². The lowest BCUT2D eigenvalue weighted by atomic mass is 10.2. The summed E-state index contributed by atoms with van der Waals surface area (Å²) in [5.74, 6) is 0. The van der Waals surface area contributed by atoms with Crippen LogP contribution in [0.2, 0.25) is 5.02 Å². The van der Waals surface area contributed by atoms with Gasteiger partial charge in [0.1, 0.15) is 5.69 Å². The van der Waals surface area contributed by atoms with Crippen molar-refractivity contribution in [3.63, 3.8) is 0 Å². The lowest BCUT2D eigenvalue weighted by Crippen LogP contribution is -2.09. The van der Waals surface area contributed by atoms with Crippen molar-refractivity contribution in [2.45, 2.75) is 6.92 Å². The predicted octanol–water partition coefficient (Wildman–Crippen LogP) is 2.65. The van der Waals surface area contributed by atoms with Gasteiger partial charge in [-0.2, -0.15) is 0 Å². The molecule has 0 fully saturated rings. The first kappa shape index (κ1) is 11.3. The third-order valence-corrected chi connectivity index (χ3v) is 2.12. The zero-order valence-electron chi connectivity index (χ0n) is 7.65. The molecule has 0 radical (unpaired) electrons. The first-order chi connectivity index (χ1) is 6.91. The summed E-state index contributed by atoms with van der Waals surface area (Å²) in [4.78, 5) is 20.3. The summed E-state index contributed by atoms with van der Waals surface area (Å²) < 4.78 is 0. The molecule has 7 heteroatoms. The first-order valence-corrected chi connectivity index (χ1v) is 4.24. The van der Waals surface area contributed by atoms with E-state index >= 15 is 0 Å². The highest BCUT2D eigenvalue weighted by molar-refractivity contribution is 6.31. The van der Waals surface area contributed by atoms with Crippen LogP contribution in [0, 0.1) is 17.0 Å². The molecule has 0 aliphatic carbocycles. The molecular formula is C8H7ClN2O4. The minimum absolute atomic E-state index is 0.0885. The number of halogens is 1. The number of amides is 1. The van der Waals surface area contributed by atoms with Crippen LogP contribution in [0.5, 0.6) is 0 Å². The monoisotopic (exact) mass is 230 g/mol. The Labute approximate surface area is 89.6 Å². The number of benzene rings is 1. The van der Waals surface area contributed by atoms with Gasteiger partial charge in [0.2, 0.25) is 0 Å². The number of nitro groups is 1. The molecule has 0 saturated heterocycles. The van der Waals surface area contributed by atoms with Gasteiger partial charge in [-0.3, -0.25) is 15.4 Å². The highest BCUT2D eigenvalue weighted by Crippen LogP contribution is 2.30. The Morgan fingerprint density at radius 2 is 2.20 bits per heavy atom. The van der Waals surface area contributed by atoms with Crippen molar-refractivity contribution in [1.82, 2.24) is 0 Å². The second-order valence-electron chi connectivity index (χ2n) is 2.81. The number of aryl methyl sites for hydroxylation is 1. The molecule has 0 heterocycles. The Hall–Kier alpha value is -1.82. The SMILES string of the molecule is Cc1cc(NC(=O)O)c([N+](=O)[O-])cc1Cl. The quantitative estimate of drug-likeness (QED) is 0.603. The van der Waals surface area contributed by atoms with E-state index in [2.05, 4.69) is 0 Å². The fraction of sp³-hybridized carbons (Fsp3) is 0.125. The molecule has 0 aromatic heterocycles. The average Bonchev–Trinajstić information content (AvgIpc) is 2.09. The Balaban J connectivity index is 3.28. The Morgan fingerprint density at radius 3 is 2.67 bits per heavy atom. The van der Waals surface area contributed by atoms with Crippen LogP contribution in [-0.2, 0) is 0 Å². The summed E-state index contributed by atoms with van der Waals surface area (Å²) in [7, 11) is 0. The molecular weight excluding hydrogens is 224 g/mol. The standard InChI is InChI=1S/C8H7ClN2O4/c1-4-2-6(10-8(12)13)7(11(14)15)3-5(4)9/h2-3,10H,1H3,(H,12,13). The summed E-state index contributed by atoms with van der Waals surface area (Å²) in [5, 5.41) is 21.2. The maximum atomic E-state index is 10.6. The number of anilines is 1. The molecule has 1 rings (SSSR count). The second-order valence-corrected chi connectivity index (χ2v) is 3.21. The van der Waals surface area contributed by atoms with Gasteiger partial charge >= 0.3 is 6.09 Å². The Bertz CT molecular complexity index is 433. The number of rotatable bonds is 2. The molecule has 80 valence electrons. The summed E-state index contributed by atoms with van der Waals surface area (Å²) in [6.45, 7) is 1.62. The van der Waals surface area contributed by atoms with E-state index in [1.54, 1.807) is 6.92 Å². The topological polar surface area (TPSA) is 92.5 Å². The number of hydrogen-bond acceptors (Lipinski definition) is 3. The van der Waals surface area contributed by atoms with Crippen LogP contribution in [0.4, 0.5) is 16.2 Å². The van der Waals surface area contributed by atoms with Gasteiger partial charge in [-0.25, -0.2) is 4.79 Å². The fourth-order valence-corrected chi connectivity index (χ4v) is 1.20. The Morgan fingerprint density at radius 1 is 1.60 bits per heavy atom. The average molecular weight is 231 g/mol. The van der Waals surface area contributed by atoms with Gasteiger partial charge in [0.05, 0.1) is 9.95 Å². The van der Waals surface area contributed by atoms with Crippen molar-refractivity contribution < 1.29 is 14.8 Å².